The number of benzene rings is 2. The van der Waals surface area contributed by atoms with Crippen molar-refractivity contribution in [1.82, 2.24) is 4.98 Å². The number of ether oxygens (including phenoxy) is 2. The van der Waals surface area contributed by atoms with Crippen LogP contribution in [0.1, 0.15) is 11.5 Å². The molecule has 1 heterocycles. The molecule has 0 unspecified atom stereocenters. The Kier molecular flexibility index (Phi) is 6.06. The molecule has 0 aliphatic heterocycles. The monoisotopic (exact) mass is 380 g/mol. The number of carbonyl (C=O) groups is 2. The normalized spacial score (nSPS) is 11.3. The summed E-state index contributed by atoms with van der Waals surface area (Å²) in [5, 5.41) is 2.86. The number of anilines is 1. The van der Waals surface area contributed by atoms with E-state index in [1.807, 2.05) is 18.2 Å². The van der Waals surface area contributed by atoms with E-state index in [9.17, 15) is 9.59 Å². The van der Waals surface area contributed by atoms with Crippen LogP contribution in [0.5, 0.6) is 0 Å². The Hall–Kier alpha value is -3.61. The van der Waals surface area contributed by atoms with Gasteiger partial charge in [0.1, 0.15) is 11.2 Å². The van der Waals surface area contributed by atoms with Crippen molar-refractivity contribution in [3.8, 4) is 0 Å². The SMILES string of the molecule is COC(=O)/C=C(/Nc1ccc2oc(CCc3ccccc3)nc2c1)C(=O)OC. The molecule has 7 nitrogen and oxygen atoms in total. The van der Waals surface area contributed by atoms with E-state index in [0.29, 0.717) is 29.1 Å². The molecule has 1 aromatic heterocycles. The van der Waals surface area contributed by atoms with E-state index in [-0.39, 0.29) is 5.70 Å². The number of fused-ring (bicyclic) bond motifs is 1. The van der Waals surface area contributed by atoms with E-state index in [0.717, 1.165) is 12.5 Å². The number of aryl methyl sites for hydroxylation is 2. The van der Waals surface area contributed by atoms with Crippen LogP contribution in [0, 0.1) is 0 Å². The minimum Gasteiger partial charge on any atom is -0.466 e. The highest BCUT2D eigenvalue weighted by Gasteiger charge is 2.14. The zero-order valence-corrected chi connectivity index (χ0v) is 15.6. The van der Waals surface area contributed by atoms with Crippen LogP contribution in [-0.4, -0.2) is 31.1 Å². The Morgan fingerprint density at radius 1 is 1.07 bits per heavy atom. The lowest BCUT2D eigenvalue weighted by Gasteiger charge is -2.08. The van der Waals surface area contributed by atoms with Gasteiger partial charge in [0.05, 0.1) is 20.3 Å². The number of oxazole rings is 1. The zero-order valence-electron chi connectivity index (χ0n) is 15.6. The van der Waals surface area contributed by atoms with Crippen molar-refractivity contribution >= 4 is 28.7 Å². The molecule has 0 atom stereocenters. The van der Waals surface area contributed by atoms with Crippen LogP contribution in [0.25, 0.3) is 11.1 Å². The van der Waals surface area contributed by atoms with Gasteiger partial charge in [-0.2, -0.15) is 0 Å². The van der Waals surface area contributed by atoms with Gasteiger partial charge in [0.15, 0.2) is 11.5 Å². The van der Waals surface area contributed by atoms with Crippen LogP contribution in [0.15, 0.2) is 64.7 Å². The van der Waals surface area contributed by atoms with Gasteiger partial charge >= 0.3 is 11.9 Å². The van der Waals surface area contributed by atoms with Crippen LogP contribution in [-0.2, 0) is 31.9 Å². The third-order valence-electron chi connectivity index (χ3n) is 4.05. The maximum absolute atomic E-state index is 11.9. The third-order valence-corrected chi connectivity index (χ3v) is 4.05. The van der Waals surface area contributed by atoms with E-state index < -0.39 is 11.9 Å². The summed E-state index contributed by atoms with van der Waals surface area (Å²) >= 11 is 0. The maximum atomic E-state index is 11.9. The molecular formula is C21H20N2O5. The summed E-state index contributed by atoms with van der Waals surface area (Å²) in [6, 6.07) is 15.3. The molecule has 0 spiro atoms. The summed E-state index contributed by atoms with van der Waals surface area (Å²) in [5.41, 5.74) is 3.03. The molecule has 0 saturated carbocycles. The molecule has 0 amide bonds. The molecule has 0 aliphatic rings. The van der Waals surface area contributed by atoms with Crippen molar-refractivity contribution in [2.45, 2.75) is 12.8 Å². The average molecular weight is 380 g/mol. The maximum Gasteiger partial charge on any atom is 0.354 e. The number of esters is 2. The second kappa shape index (κ2) is 8.85. The Balaban J connectivity index is 1.76. The van der Waals surface area contributed by atoms with Crippen LogP contribution in [0.4, 0.5) is 5.69 Å². The lowest BCUT2D eigenvalue weighted by atomic mass is 10.1. The first-order valence-electron chi connectivity index (χ1n) is 8.67. The highest BCUT2D eigenvalue weighted by molar-refractivity contribution is 5.99. The standard InChI is InChI=1S/C21H20N2O5/c1-26-20(24)13-17(21(25)27-2)22-15-9-10-18-16(12-15)23-19(28-18)11-8-14-6-4-3-5-7-14/h3-7,9-10,12-13,22H,8,11H2,1-2H3/b17-13+. The second-order valence-corrected chi connectivity index (χ2v) is 5.97. The van der Waals surface area contributed by atoms with E-state index in [1.54, 1.807) is 18.2 Å². The predicted molar refractivity (Wildman–Crippen MR) is 104 cm³/mol. The lowest BCUT2D eigenvalue weighted by Crippen LogP contribution is -2.15. The number of methoxy groups -OCH3 is 2. The number of rotatable bonds is 7. The second-order valence-electron chi connectivity index (χ2n) is 5.97. The van der Waals surface area contributed by atoms with Crippen LogP contribution >= 0.6 is 0 Å². The van der Waals surface area contributed by atoms with E-state index >= 15 is 0 Å². The minimum absolute atomic E-state index is 0.0403. The van der Waals surface area contributed by atoms with Crippen molar-refractivity contribution < 1.29 is 23.5 Å². The van der Waals surface area contributed by atoms with E-state index in [2.05, 4.69) is 31.9 Å². The molecule has 1 N–H and O–H groups in total. The Morgan fingerprint density at radius 3 is 2.57 bits per heavy atom. The number of hydrogen-bond acceptors (Lipinski definition) is 7. The van der Waals surface area contributed by atoms with Gasteiger partial charge in [-0.25, -0.2) is 14.6 Å². The van der Waals surface area contributed by atoms with Gasteiger partial charge in [-0.15, -0.1) is 0 Å². The molecular weight excluding hydrogens is 360 g/mol. The van der Waals surface area contributed by atoms with Gasteiger partial charge in [-0.05, 0) is 30.2 Å². The fourth-order valence-electron chi connectivity index (χ4n) is 2.64. The highest BCUT2D eigenvalue weighted by Crippen LogP contribution is 2.22. The first-order valence-corrected chi connectivity index (χ1v) is 8.67. The fourth-order valence-corrected chi connectivity index (χ4v) is 2.64. The summed E-state index contributed by atoms with van der Waals surface area (Å²) in [5.74, 6) is -0.720. The fraction of sp³-hybridized carbons (Fsp3) is 0.190. The van der Waals surface area contributed by atoms with Crippen molar-refractivity contribution in [3.63, 3.8) is 0 Å². The number of hydrogen-bond donors (Lipinski definition) is 1. The summed E-state index contributed by atoms with van der Waals surface area (Å²) in [6.45, 7) is 0. The largest absolute Gasteiger partial charge is 0.466 e. The van der Waals surface area contributed by atoms with Crippen molar-refractivity contribution in [1.29, 1.82) is 0 Å². The van der Waals surface area contributed by atoms with Crippen LogP contribution in [0.2, 0.25) is 0 Å². The molecule has 28 heavy (non-hydrogen) atoms. The first kappa shape index (κ1) is 19.2. The summed E-state index contributed by atoms with van der Waals surface area (Å²) in [4.78, 5) is 27.8. The molecule has 3 aromatic rings. The van der Waals surface area contributed by atoms with E-state index in [1.165, 1.54) is 19.8 Å². The van der Waals surface area contributed by atoms with Gasteiger partial charge in [0, 0.05) is 12.1 Å². The minimum atomic E-state index is -0.686. The molecule has 0 fully saturated rings. The first-order chi connectivity index (χ1) is 13.6. The topological polar surface area (TPSA) is 90.7 Å². The highest BCUT2D eigenvalue weighted by atomic mass is 16.5. The Labute approximate surface area is 162 Å². The van der Waals surface area contributed by atoms with Gasteiger partial charge in [-0.3, -0.25) is 0 Å². The number of aromatic nitrogens is 1. The summed E-state index contributed by atoms with van der Waals surface area (Å²) in [7, 11) is 2.46. The molecule has 0 bridgehead atoms. The van der Waals surface area contributed by atoms with Gasteiger partial charge in [0.2, 0.25) is 0 Å². The average Bonchev–Trinajstić information content (AvgIpc) is 3.14. The van der Waals surface area contributed by atoms with Gasteiger partial charge < -0.3 is 19.2 Å². The number of nitrogens with one attached hydrogen (secondary N) is 1. The van der Waals surface area contributed by atoms with Crippen molar-refractivity contribution in [3.05, 3.63) is 71.8 Å². The Morgan fingerprint density at radius 2 is 1.86 bits per heavy atom. The molecule has 0 saturated heterocycles. The quantitative estimate of drug-likeness (QED) is 0.497. The Bertz CT molecular complexity index is 1010. The summed E-state index contributed by atoms with van der Waals surface area (Å²) < 4.78 is 15.0. The van der Waals surface area contributed by atoms with Crippen molar-refractivity contribution in [2.75, 3.05) is 19.5 Å². The molecule has 3 rings (SSSR count). The summed E-state index contributed by atoms with van der Waals surface area (Å²) in [6.07, 6.45) is 2.54. The smallest absolute Gasteiger partial charge is 0.354 e. The van der Waals surface area contributed by atoms with Gasteiger partial charge in [0.25, 0.3) is 0 Å². The molecule has 7 heteroatoms. The molecule has 0 aliphatic carbocycles. The third kappa shape index (κ3) is 4.76. The molecule has 144 valence electrons. The predicted octanol–water partition coefficient (Wildman–Crippen LogP) is 3.25. The van der Waals surface area contributed by atoms with Gasteiger partial charge in [-0.1, -0.05) is 30.3 Å². The zero-order chi connectivity index (χ0) is 19.9. The van der Waals surface area contributed by atoms with Crippen molar-refractivity contribution in [2.24, 2.45) is 0 Å². The van der Waals surface area contributed by atoms with Crippen LogP contribution in [0.3, 0.4) is 0 Å². The number of nitrogens with zero attached hydrogens (tertiary/aromatic N) is 1. The molecule has 2 aromatic carbocycles. The lowest BCUT2D eigenvalue weighted by molar-refractivity contribution is -0.138. The van der Waals surface area contributed by atoms with Crippen LogP contribution < -0.4 is 5.32 Å². The number of carbonyl (C=O) groups excluding carboxylic acids is 2. The van der Waals surface area contributed by atoms with E-state index in [4.69, 9.17) is 4.42 Å². The molecule has 0 radical (unpaired) electrons.